The Kier molecular flexibility index (Phi) is 3.29. The van der Waals surface area contributed by atoms with Crippen LogP contribution in [0.4, 0.5) is 0 Å². The SMILES string of the molecule is COC(C)(C)CN1CC(C)(C)OB1C. The van der Waals surface area contributed by atoms with E-state index in [4.69, 9.17) is 9.39 Å². The second kappa shape index (κ2) is 3.84. The lowest BCUT2D eigenvalue weighted by Crippen LogP contribution is -2.44. The molecule has 0 aromatic rings. The van der Waals surface area contributed by atoms with E-state index < -0.39 is 0 Å². The fourth-order valence-electron chi connectivity index (χ4n) is 1.93. The quantitative estimate of drug-likeness (QED) is 0.645. The van der Waals surface area contributed by atoms with E-state index in [0.717, 1.165) is 13.1 Å². The number of rotatable bonds is 3. The Morgan fingerprint density at radius 3 is 2.43 bits per heavy atom. The fraction of sp³-hybridized carbons (Fsp3) is 1.00. The largest absolute Gasteiger partial charge is 0.415 e. The van der Waals surface area contributed by atoms with Gasteiger partial charge in [-0.05, 0) is 34.5 Å². The van der Waals surface area contributed by atoms with Crippen molar-refractivity contribution in [2.24, 2.45) is 0 Å². The number of hydrogen-bond acceptors (Lipinski definition) is 3. The Bertz CT molecular complexity index is 206. The Balaban J connectivity index is 2.55. The van der Waals surface area contributed by atoms with Crippen LogP contribution < -0.4 is 0 Å². The first-order valence-corrected chi connectivity index (χ1v) is 5.23. The van der Waals surface area contributed by atoms with Crippen LogP contribution >= 0.6 is 0 Å². The van der Waals surface area contributed by atoms with Crippen LogP contribution in [0.15, 0.2) is 0 Å². The molecule has 4 heteroatoms. The number of hydrogen-bond donors (Lipinski definition) is 0. The lowest BCUT2D eigenvalue weighted by Gasteiger charge is -2.29. The molecule has 1 aliphatic heterocycles. The van der Waals surface area contributed by atoms with E-state index in [1.165, 1.54) is 0 Å². The molecule has 0 aromatic carbocycles. The van der Waals surface area contributed by atoms with Crippen molar-refractivity contribution in [1.82, 2.24) is 4.81 Å². The van der Waals surface area contributed by atoms with Gasteiger partial charge in [-0.25, -0.2) is 0 Å². The summed E-state index contributed by atoms with van der Waals surface area (Å²) in [5, 5.41) is 0. The van der Waals surface area contributed by atoms with Gasteiger partial charge in [0.2, 0.25) is 0 Å². The van der Waals surface area contributed by atoms with Gasteiger partial charge in [0.25, 0.3) is 0 Å². The molecule has 14 heavy (non-hydrogen) atoms. The molecule has 0 aromatic heterocycles. The summed E-state index contributed by atoms with van der Waals surface area (Å²) in [6.45, 7) is 12.4. The number of ether oxygens (including phenoxy) is 1. The Morgan fingerprint density at radius 1 is 1.50 bits per heavy atom. The predicted molar refractivity (Wildman–Crippen MR) is 59.4 cm³/mol. The highest BCUT2D eigenvalue weighted by Gasteiger charge is 2.40. The lowest BCUT2D eigenvalue weighted by atomic mass is 9.84. The van der Waals surface area contributed by atoms with Gasteiger partial charge in [0.15, 0.2) is 0 Å². The van der Waals surface area contributed by atoms with Crippen LogP contribution in [-0.2, 0) is 9.39 Å². The maximum atomic E-state index is 5.82. The van der Waals surface area contributed by atoms with Gasteiger partial charge in [-0.1, -0.05) is 0 Å². The molecular formula is C10H22BNO2. The van der Waals surface area contributed by atoms with Crippen molar-refractivity contribution in [3.05, 3.63) is 0 Å². The summed E-state index contributed by atoms with van der Waals surface area (Å²) < 4.78 is 11.2. The van der Waals surface area contributed by atoms with Crippen LogP contribution in [0.2, 0.25) is 6.82 Å². The van der Waals surface area contributed by atoms with E-state index in [0.29, 0.717) is 0 Å². The molecule has 3 nitrogen and oxygen atoms in total. The predicted octanol–water partition coefficient (Wildman–Crippen LogP) is 1.64. The highest BCUT2D eigenvalue weighted by molar-refractivity contribution is 6.47. The maximum Gasteiger partial charge on any atom is 0.379 e. The first-order chi connectivity index (χ1) is 6.26. The molecular weight excluding hydrogens is 177 g/mol. The minimum absolute atomic E-state index is 0.0246. The van der Waals surface area contributed by atoms with Gasteiger partial charge in [0, 0.05) is 20.2 Å². The standard InChI is InChI=1S/C10H22BNO2/c1-9(2,13-6)7-12-8-10(3,4)14-11(12)5/h7-8H2,1-6H3. The zero-order valence-electron chi connectivity index (χ0n) is 10.3. The summed E-state index contributed by atoms with van der Waals surface area (Å²) in [7, 11) is 1.95. The van der Waals surface area contributed by atoms with E-state index in [1.54, 1.807) is 7.11 Å². The summed E-state index contributed by atoms with van der Waals surface area (Å²) in [6.07, 6.45) is 0. The van der Waals surface area contributed by atoms with Crippen LogP contribution in [0.25, 0.3) is 0 Å². The summed E-state index contributed by atoms with van der Waals surface area (Å²) in [5.41, 5.74) is -0.124. The van der Waals surface area contributed by atoms with E-state index in [9.17, 15) is 0 Å². The molecule has 0 spiro atoms. The normalized spacial score (nSPS) is 23.1. The monoisotopic (exact) mass is 199 g/mol. The molecule has 1 rings (SSSR count). The van der Waals surface area contributed by atoms with Crippen molar-refractivity contribution in [3.63, 3.8) is 0 Å². The van der Waals surface area contributed by atoms with Gasteiger partial charge in [-0.3, -0.25) is 0 Å². The topological polar surface area (TPSA) is 21.7 Å². The Labute approximate surface area is 87.9 Å². The number of nitrogens with zero attached hydrogens (tertiary/aromatic N) is 1. The van der Waals surface area contributed by atoms with Crippen LogP contribution in [0, 0.1) is 0 Å². The van der Waals surface area contributed by atoms with Crippen molar-refractivity contribution in [3.8, 4) is 0 Å². The fourth-order valence-corrected chi connectivity index (χ4v) is 1.93. The molecule has 0 amide bonds. The summed E-state index contributed by atoms with van der Waals surface area (Å²) in [5.74, 6) is 0. The van der Waals surface area contributed by atoms with Gasteiger partial charge < -0.3 is 14.2 Å². The van der Waals surface area contributed by atoms with Crippen molar-refractivity contribution >= 4 is 7.05 Å². The maximum absolute atomic E-state index is 5.82. The highest BCUT2D eigenvalue weighted by atomic mass is 16.5. The zero-order valence-corrected chi connectivity index (χ0v) is 10.3. The van der Waals surface area contributed by atoms with E-state index in [-0.39, 0.29) is 18.3 Å². The molecule has 1 saturated heterocycles. The third-order valence-corrected chi connectivity index (χ3v) is 2.72. The second-order valence-electron chi connectivity index (χ2n) is 5.35. The third-order valence-electron chi connectivity index (χ3n) is 2.72. The second-order valence-corrected chi connectivity index (χ2v) is 5.35. The molecule has 1 heterocycles. The molecule has 82 valence electrons. The molecule has 0 bridgehead atoms. The molecule has 0 unspecified atom stereocenters. The van der Waals surface area contributed by atoms with Crippen molar-refractivity contribution in [2.45, 2.75) is 45.7 Å². The Morgan fingerprint density at radius 2 is 2.07 bits per heavy atom. The third kappa shape index (κ3) is 2.97. The van der Waals surface area contributed by atoms with Gasteiger partial charge in [0.1, 0.15) is 0 Å². The molecule has 0 aliphatic carbocycles. The lowest BCUT2D eigenvalue weighted by molar-refractivity contribution is 0.00734. The summed E-state index contributed by atoms with van der Waals surface area (Å²) in [6, 6.07) is 0. The number of methoxy groups -OCH3 is 1. The van der Waals surface area contributed by atoms with E-state index in [2.05, 4.69) is 39.3 Å². The van der Waals surface area contributed by atoms with Crippen LogP contribution in [0.3, 0.4) is 0 Å². The average Bonchev–Trinajstić information content (AvgIpc) is 2.24. The van der Waals surface area contributed by atoms with Gasteiger partial charge in [-0.15, -0.1) is 0 Å². The highest BCUT2D eigenvalue weighted by Crippen LogP contribution is 2.24. The van der Waals surface area contributed by atoms with Gasteiger partial charge in [-0.2, -0.15) is 0 Å². The molecule has 0 N–H and O–H groups in total. The summed E-state index contributed by atoms with van der Waals surface area (Å²) >= 11 is 0. The van der Waals surface area contributed by atoms with Gasteiger partial charge >= 0.3 is 7.05 Å². The summed E-state index contributed by atoms with van der Waals surface area (Å²) in [4.78, 5) is 2.32. The molecule has 0 atom stereocenters. The first kappa shape index (κ1) is 12.0. The van der Waals surface area contributed by atoms with Crippen LogP contribution in [-0.4, -0.2) is 43.3 Å². The van der Waals surface area contributed by atoms with Gasteiger partial charge in [0.05, 0.1) is 11.2 Å². The molecule has 0 radical (unpaired) electrons. The zero-order chi connectivity index (χ0) is 11.0. The van der Waals surface area contributed by atoms with Crippen molar-refractivity contribution in [1.29, 1.82) is 0 Å². The van der Waals surface area contributed by atoms with Crippen LogP contribution in [0.1, 0.15) is 27.7 Å². The van der Waals surface area contributed by atoms with Crippen molar-refractivity contribution < 1.29 is 9.39 Å². The van der Waals surface area contributed by atoms with Crippen molar-refractivity contribution in [2.75, 3.05) is 20.2 Å². The minimum atomic E-state index is -0.0992. The van der Waals surface area contributed by atoms with Crippen LogP contribution in [0.5, 0.6) is 0 Å². The molecule has 1 fully saturated rings. The Hall–Kier alpha value is -0.0551. The van der Waals surface area contributed by atoms with E-state index in [1.807, 2.05) is 0 Å². The average molecular weight is 199 g/mol. The minimum Gasteiger partial charge on any atom is -0.415 e. The first-order valence-electron chi connectivity index (χ1n) is 5.23. The van der Waals surface area contributed by atoms with E-state index >= 15 is 0 Å². The molecule has 0 saturated carbocycles. The smallest absolute Gasteiger partial charge is 0.379 e. The molecule has 1 aliphatic rings.